The van der Waals surface area contributed by atoms with Gasteiger partial charge in [0, 0.05) is 35.6 Å². The zero-order chi connectivity index (χ0) is 13.7. The van der Waals surface area contributed by atoms with Crippen molar-refractivity contribution >= 4 is 12.0 Å². The molecule has 0 aromatic heterocycles. The Morgan fingerprint density at radius 2 is 1.84 bits per heavy atom. The van der Waals surface area contributed by atoms with Gasteiger partial charge in [0.2, 0.25) is 0 Å². The molecule has 1 fully saturated rings. The number of nitrogens with zero attached hydrogens (tertiary/aromatic N) is 1. The van der Waals surface area contributed by atoms with Crippen molar-refractivity contribution in [2.75, 3.05) is 33.4 Å². The molecule has 1 aliphatic rings. The van der Waals surface area contributed by atoms with E-state index in [1.807, 2.05) is 0 Å². The third-order valence-electron chi connectivity index (χ3n) is 3.61. The fraction of sp³-hybridized carbons (Fsp3) is 0.600. The van der Waals surface area contributed by atoms with Crippen LogP contribution < -0.4 is 0 Å². The van der Waals surface area contributed by atoms with Crippen molar-refractivity contribution in [3.05, 3.63) is 29.8 Å². The Bertz CT molecular complexity index is 386. The SMILES string of the molecule is COSc1ccc(CC(C)(C)N2CCOCC2)cc1. The minimum Gasteiger partial charge on any atom is -0.379 e. The van der Waals surface area contributed by atoms with E-state index in [1.54, 1.807) is 7.11 Å². The molecule has 0 saturated carbocycles. The molecule has 19 heavy (non-hydrogen) atoms. The summed E-state index contributed by atoms with van der Waals surface area (Å²) in [5.41, 5.74) is 1.55. The van der Waals surface area contributed by atoms with Crippen LogP contribution >= 0.6 is 12.0 Å². The summed E-state index contributed by atoms with van der Waals surface area (Å²) in [5.74, 6) is 0. The van der Waals surface area contributed by atoms with Crippen LogP contribution in [0, 0.1) is 0 Å². The predicted octanol–water partition coefficient (Wildman–Crippen LogP) is 2.99. The summed E-state index contributed by atoms with van der Waals surface area (Å²) < 4.78 is 10.5. The van der Waals surface area contributed by atoms with Crippen LogP contribution in [0.5, 0.6) is 0 Å². The van der Waals surface area contributed by atoms with Crippen molar-refractivity contribution < 1.29 is 8.92 Å². The van der Waals surface area contributed by atoms with Crippen LogP contribution in [-0.4, -0.2) is 43.9 Å². The first-order chi connectivity index (χ1) is 9.12. The monoisotopic (exact) mass is 281 g/mol. The van der Waals surface area contributed by atoms with Crippen molar-refractivity contribution in [2.45, 2.75) is 30.7 Å². The fourth-order valence-corrected chi connectivity index (χ4v) is 2.98. The molecule has 0 aliphatic carbocycles. The zero-order valence-electron chi connectivity index (χ0n) is 12.0. The van der Waals surface area contributed by atoms with Crippen LogP contribution in [0.15, 0.2) is 29.2 Å². The molecule has 0 N–H and O–H groups in total. The summed E-state index contributed by atoms with van der Waals surface area (Å²) >= 11 is 1.40. The van der Waals surface area contributed by atoms with Crippen LogP contribution in [0.25, 0.3) is 0 Å². The van der Waals surface area contributed by atoms with Crippen LogP contribution in [0.2, 0.25) is 0 Å². The summed E-state index contributed by atoms with van der Waals surface area (Å²) in [6, 6.07) is 8.64. The molecule has 0 amide bonds. The van der Waals surface area contributed by atoms with Gasteiger partial charge in [0.1, 0.15) is 0 Å². The van der Waals surface area contributed by atoms with Gasteiger partial charge in [-0.3, -0.25) is 4.90 Å². The normalized spacial score (nSPS) is 17.6. The van der Waals surface area contributed by atoms with Crippen molar-refractivity contribution in [2.24, 2.45) is 0 Å². The van der Waals surface area contributed by atoms with Crippen molar-refractivity contribution in [3.63, 3.8) is 0 Å². The number of benzene rings is 1. The highest BCUT2D eigenvalue weighted by Crippen LogP contribution is 2.24. The maximum Gasteiger partial charge on any atom is 0.0594 e. The molecule has 0 spiro atoms. The number of hydrogen-bond donors (Lipinski definition) is 0. The second kappa shape index (κ2) is 6.75. The highest BCUT2D eigenvalue weighted by atomic mass is 32.2. The lowest BCUT2D eigenvalue weighted by molar-refractivity contribution is -0.00984. The number of hydrogen-bond acceptors (Lipinski definition) is 4. The van der Waals surface area contributed by atoms with Gasteiger partial charge in [-0.05, 0) is 38.0 Å². The van der Waals surface area contributed by atoms with Gasteiger partial charge in [-0.2, -0.15) is 0 Å². The molecular weight excluding hydrogens is 258 g/mol. The number of ether oxygens (including phenoxy) is 1. The predicted molar refractivity (Wildman–Crippen MR) is 79.5 cm³/mol. The lowest BCUT2D eigenvalue weighted by Gasteiger charge is -2.41. The molecule has 1 heterocycles. The first kappa shape index (κ1) is 14.9. The van der Waals surface area contributed by atoms with Gasteiger partial charge in [-0.15, -0.1) is 0 Å². The Labute approximate surface area is 120 Å². The van der Waals surface area contributed by atoms with Crippen molar-refractivity contribution in [1.29, 1.82) is 0 Å². The van der Waals surface area contributed by atoms with Gasteiger partial charge in [0.05, 0.1) is 20.3 Å². The second-order valence-corrected chi connectivity index (χ2v) is 6.45. The minimum atomic E-state index is 0.180. The summed E-state index contributed by atoms with van der Waals surface area (Å²) in [7, 11) is 1.69. The van der Waals surface area contributed by atoms with E-state index >= 15 is 0 Å². The second-order valence-electron chi connectivity index (χ2n) is 5.48. The Morgan fingerprint density at radius 1 is 1.21 bits per heavy atom. The topological polar surface area (TPSA) is 21.7 Å². The average Bonchev–Trinajstić information content (AvgIpc) is 2.42. The lowest BCUT2D eigenvalue weighted by Crippen LogP contribution is -2.51. The zero-order valence-corrected chi connectivity index (χ0v) is 12.8. The lowest BCUT2D eigenvalue weighted by atomic mass is 9.92. The van der Waals surface area contributed by atoms with E-state index in [1.165, 1.54) is 17.6 Å². The van der Waals surface area contributed by atoms with E-state index in [9.17, 15) is 0 Å². The fourth-order valence-electron chi connectivity index (χ4n) is 2.54. The Kier molecular flexibility index (Phi) is 5.28. The van der Waals surface area contributed by atoms with E-state index in [2.05, 4.69) is 43.0 Å². The Balaban J connectivity index is 1.98. The smallest absolute Gasteiger partial charge is 0.0594 e. The molecule has 106 valence electrons. The molecule has 0 unspecified atom stereocenters. The summed E-state index contributed by atoms with van der Waals surface area (Å²) in [4.78, 5) is 3.67. The van der Waals surface area contributed by atoms with Gasteiger partial charge in [-0.1, -0.05) is 12.1 Å². The first-order valence-corrected chi connectivity index (χ1v) is 7.48. The van der Waals surface area contributed by atoms with E-state index in [-0.39, 0.29) is 5.54 Å². The summed E-state index contributed by atoms with van der Waals surface area (Å²) in [6.45, 7) is 8.40. The first-order valence-electron chi connectivity index (χ1n) is 6.74. The molecule has 0 radical (unpaired) electrons. The third kappa shape index (κ3) is 4.21. The number of rotatable bonds is 5. The Morgan fingerprint density at radius 3 is 2.42 bits per heavy atom. The van der Waals surface area contributed by atoms with Gasteiger partial charge in [0.15, 0.2) is 0 Å². The summed E-state index contributed by atoms with van der Waals surface area (Å²) in [5, 5.41) is 0. The van der Waals surface area contributed by atoms with Crippen molar-refractivity contribution in [1.82, 2.24) is 4.90 Å². The standard InChI is InChI=1S/C15H23NO2S/c1-15(2,16-8-10-18-11-9-16)12-13-4-6-14(7-5-13)19-17-3/h4-7H,8-12H2,1-3H3. The van der Waals surface area contributed by atoms with Gasteiger partial charge in [-0.25, -0.2) is 0 Å². The van der Waals surface area contributed by atoms with E-state index in [0.717, 1.165) is 37.6 Å². The van der Waals surface area contributed by atoms with Gasteiger partial charge < -0.3 is 8.92 Å². The van der Waals surface area contributed by atoms with Gasteiger partial charge in [0.25, 0.3) is 0 Å². The molecule has 0 atom stereocenters. The molecule has 4 heteroatoms. The van der Waals surface area contributed by atoms with E-state index in [0.29, 0.717) is 0 Å². The third-order valence-corrected chi connectivity index (χ3v) is 4.24. The minimum absolute atomic E-state index is 0.180. The number of morpholine rings is 1. The van der Waals surface area contributed by atoms with Gasteiger partial charge >= 0.3 is 0 Å². The van der Waals surface area contributed by atoms with Crippen LogP contribution in [0.3, 0.4) is 0 Å². The largest absolute Gasteiger partial charge is 0.379 e. The van der Waals surface area contributed by atoms with Crippen LogP contribution in [0.1, 0.15) is 19.4 Å². The van der Waals surface area contributed by atoms with E-state index < -0.39 is 0 Å². The molecule has 0 bridgehead atoms. The average molecular weight is 281 g/mol. The molecule has 1 aliphatic heterocycles. The molecule has 1 aromatic carbocycles. The van der Waals surface area contributed by atoms with E-state index in [4.69, 9.17) is 8.92 Å². The Hall–Kier alpha value is -0.550. The highest BCUT2D eigenvalue weighted by Gasteiger charge is 2.28. The molecule has 3 nitrogen and oxygen atoms in total. The molecule has 1 aromatic rings. The maximum absolute atomic E-state index is 5.43. The van der Waals surface area contributed by atoms with Crippen LogP contribution in [0.4, 0.5) is 0 Å². The van der Waals surface area contributed by atoms with Crippen LogP contribution in [-0.2, 0) is 15.3 Å². The molecule has 2 rings (SSSR count). The maximum atomic E-state index is 5.43. The molecular formula is C15H23NO2S. The van der Waals surface area contributed by atoms with Crippen molar-refractivity contribution in [3.8, 4) is 0 Å². The summed E-state index contributed by atoms with van der Waals surface area (Å²) in [6.07, 6.45) is 1.06. The molecule has 1 saturated heterocycles. The quantitative estimate of drug-likeness (QED) is 0.773. The highest BCUT2D eigenvalue weighted by molar-refractivity contribution is 7.94.